The summed E-state index contributed by atoms with van der Waals surface area (Å²) in [4.78, 5) is 0.442. The molecule has 1 fully saturated rings. The third-order valence-corrected chi connectivity index (χ3v) is 6.41. The lowest BCUT2D eigenvalue weighted by molar-refractivity contribution is 0.484. The Morgan fingerprint density at radius 1 is 1.11 bits per heavy atom. The molecule has 1 saturated carbocycles. The normalized spacial score (nSPS) is 29.9. The van der Waals surface area contributed by atoms with E-state index >= 15 is 0 Å². The number of hydrogen-bond acceptors (Lipinski definition) is 2. The van der Waals surface area contributed by atoms with Crippen molar-refractivity contribution >= 4 is 25.8 Å². The summed E-state index contributed by atoms with van der Waals surface area (Å²) in [6.45, 7) is 0. The third-order valence-electron chi connectivity index (χ3n) is 4.02. The highest BCUT2D eigenvalue weighted by Gasteiger charge is 2.38. The molecule has 0 N–H and O–H groups in total. The zero-order valence-electron chi connectivity index (χ0n) is 9.92. The van der Waals surface area contributed by atoms with E-state index in [0.717, 1.165) is 17.3 Å². The Hall–Kier alpha value is -0.610. The minimum Gasteiger partial charge on any atom is -0.224 e. The quantitative estimate of drug-likeness (QED) is 0.797. The fraction of sp³-hybridized carbons (Fsp3) is 0.429. The number of benzene rings is 1. The Labute approximate surface area is 116 Å². The molecule has 2 bridgehead atoms. The van der Waals surface area contributed by atoms with Gasteiger partial charge in [0.05, 0.1) is 10.6 Å². The number of hydrogen-bond donors (Lipinski definition) is 0. The minimum absolute atomic E-state index is 0.292. The molecule has 0 aliphatic heterocycles. The van der Waals surface area contributed by atoms with Crippen molar-refractivity contribution < 1.29 is 8.42 Å². The second-order valence-corrected chi connectivity index (χ2v) is 8.23. The summed E-state index contributed by atoms with van der Waals surface area (Å²) < 4.78 is 25.6. The standard InChI is InChI=1S/C14H15BrO2S/c15-13-3-5-14(6-4-13)18(16,17)9-12-8-10-1-2-11(12)7-10/h1-6,10-12H,7-9H2/t10-,11-,12-/m0/s1. The van der Waals surface area contributed by atoms with Crippen LogP contribution < -0.4 is 0 Å². The van der Waals surface area contributed by atoms with Crippen LogP contribution in [0.1, 0.15) is 12.8 Å². The summed E-state index contributed by atoms with van der Waals surface area (Å²) >= 11 is 3.32. The highest BCUT2D eigenvalue weighted by molar-refractivity contribution is 9.10. The molecule has 0 spiro atoms. The molecule has 0 amide bonds. The topological polar surface area (TPSA) is 34.1 Å². The van der Waals surface area contributed by atoms with Gasteiger partial charge in [-0.15, -0.1) is 0 Å². The molecule has 4 heteroatoms. The zero-order chi connectivity index (χ0) is 12.8. The fourth-order valence-electron chi connectivity index (χ4n) is 3.11. The van der Waals surface area contributed by atoms with Gasteiger partial charge in [-0.3, -0.25) is 0 Å². The maximum absolute atomic E-state index is 12.3. The highest BCUT2D eigenvalue weighted by Crippen LogP contribution is 2.44. The predicted octanol–water partition coefficient (Wildman–Crippen LogP) is 3.44. The molecular weight excluding hydrogens is 312 g/mol. The van der Waals surface area contributed by atoms with E-state index in [2.05, 4.69) is 28.1 Å². The van der Waals surface area contributed by atoms with Crippen LogP contribution in [0.5, 0.6) is 0 Å². The van der Waals surface area contributed by atoms with Gasteiger partial charge in [0.25, 0.3) is 0 Å². The van der Waals surface area contributed by atoms with Gasteiger partial charge in [-0.1, -0.05) is 28.1 Å². The Morgan fingerprint density at radius 3 is 2.39 bits per heavy atom. The minimum atomic E-state index is -3.14. The van der Waals surface area contributed by atoms with Crippen LogP contribution in [0.3, 0.4) is 0 Å². The molecule has 0 aromatic heterocycles. The summed E-state index contributed by atoms with van der Waals surface area (Å²) in [6, 6.07) is 6.94. The molecule has 18 heavy (non-hydrogen) atoms. The first kappa shape index (κ1) is 12.4. The van der Waals surface area contributed by atoms with E-state index in [-0.39, 0.29) is 0 Å². The van der Waals surface area contributed by atoms with Crippen molar-refractivity contribution in [1.82, 2.24) is 0 Å². The van der Waals surface area contributed by atoms with Crippen LogP contribution in [0.2, 0.25) is 0 Å². The Balaban J connectivity index is 1.79. The smallest absolute Gasteiger partial charge is 0.178 e. The van der Waals surface area contributed by atoms with Gasteiger partial charge in [0.2, 0.25) is 0 Å². The average Bonchev–Trinajstić information content (AvgIpc) is 2.91. The van der Waals surface area contributed by atoms with Crippen LogP contribution in [0, 0.1) is 17.8 Å². The summed E-state index contributed by atoms with van der Waals surface area (Å²) in [5, 5.41) is 0. The Morgan fingerprint density at radius 2 is 1.83 bits per heavy atom. The number of halogens is 1. The van der Waals surface area contributed by atoms with Gasteiger partial charge in [0.1, 0.15) is 0 Å². The molecule has 1 aromatic rings. The van der Waals surface area contributed by atoms with Crippen LogP contribution in [0.4, 0.5) is 0 Å². The van der Waals surface area contributed by atoms with Gasteiger partial charge in [0, 0.05) is 4.47 Å². The third kappa shape index (κ3) is 2.28. The molecule has 2 nitrogen and oxygen atoms in total. The van der Waals surface area contributed by atoms with Crippen LogP contribution >= 0.6 is 15.9 Å². The SMILES string of the molecule is O=S(=O)(C[C@@H]1C[C@H]2C=C[C@H]1C2)c1ccc(Br)cc1. The second kappa shape index (κ2) is 4.49. The van der Waals surface area contributed by atoms with Crippen molar-refractivity contribution in [1.29, 1.82) is 0 Å². The Bertz CT molecular complexity index is 574. The lowest BCUT2D eigenvalue weighted by atomic mass is 9.96. The first-order valence-corrected chi connectivity index (χ1v) is 8.66. The average molecular weight is 327 g/mol. The van der Waals surface area contributed by atoms with Gasteiger partial charge in [0.15, 0.2) is 9.84 Å². The number of fused-ring (bicyclic) bond motifs is 2. The Kier molecular flexibility index (Phi) is 3.10. The monoisotopic (exact) mass is 326 g/mol. The van der Waals surface area contributed by atoms with Crippen molar-refractivity contribution in [3.05, 3.63) is 40.9 Å². The summed E-state index contributed by atoms with van der Waals surface area (Å²) in [6.07, 6.45) is 6.64. The first-order valence-electron chi connectivity index (χ1n) is 6.21. The fourth-order valence-corrected chi connectivity index (χ4v) is 5.06. The molecule has 3 atom stereocenters. The van der Waals surface area contributed by atoms with Crippen molar-refractivity contribution in [2.75, 3.05) is 5.75 Å². The lowest BCUT2D eigenvalue weighted by Gasteiger charge is -2.17. The molecule has 96 valence electrons. The molecule has 2 aliphatic carbocycles. The van der Waals surface area contributed by atoms with Gasteiger partial charge in [-0.25, -0.2) is 8.42 Å². The van der Waals surface area contributed by atoms with Crippen LogP contribution in [-0.4, -0.2) is 14.2 Å². The van der Waals surface area contributed by atoms with E-state index < -0.39 is 9.84 Å². The van der Waals surface area contributed by atoms with E-state index in [1.165, 1.54) is 0 Å². The largest absolute Gasteiger partial charge is 0.224 e. The van der Waals surface area contributed by atoms with E-state index in [9.17, 15) is 8.42 Å². The van der Waals surface area contributed by atoms with E-state index in [1.807, 2.05) is 0 Å². The van der Waals surface area contributed by atoms with Crippen molar-refractivity contribution in [2.45, 2.75) is 17.7 Å². The van der Waals surface area contributed by atoms with Crippen molar-refractivity contribution in [3.8, 4) is 0 Å². The maximum Gasteiger partial charge on any atom is 0.178 e. The van der Waals surface area contributed by atoms with Crippen molar-refractivity contribution in [2.24, 2.45) is 17.8 Å². The highest BCUT2D eigenvalue weighted by atomic mass is 79.9. The first-order chi connectivity index (χ1) is 8.54. The van der Waals surface area contributed by atoms with Gasteiger partial charge in [-0.2, -0.15) is 0 Å². The molecule has 0 heterocycles. The number of allylic oxidation sites excluding steroid dienone is 2. The lowest BCUT2D eigenvalue weighted by Crippen LogP contribution is -2.19. The van der Waals surface area contributed by atoms with Gasteiger partial charge in [-0.05, 0) is 54.9 Å². The summed E-state index contributed by atoms with van der Waals surface area (Å²) in [5.41, 5.74) is 0. The van der Waals surface area contributed by atoms with Crippen LogP contribution in [-0.2, 0) is 9.84 Å². The molecule has 0 radical (unpaired) electrons. The van der Waals surface area contributed by atoms with Crippen LogP contribution in [0.25, 0.3) is 0 Å². The summed E-state index contributed by atoms with van der Waals surface area (Å²) in [7, 11) is -3.14. The zero-order valence-corrected chi connectivity index (χ0v) is 12.3. The molecule has 0 unspecified atom stereocenters. The van der Waals surface area contributed by atoms with E-state index in [1.54, 1.807) is 24.3 Å². The van der Waals surface area contributed by atoms with Gasteiger partial charge < -0.3 is 0 Å². The second-order valence-electron chi connectivity index (χ2n) is 5.28. The molecule has 2 aliphatic rings. The van der Waals surface area contributed by atoms with E-state index in [0.29, 0.717) is 28.4 Å². The predicted molar refractivity (Wildman–Crippen MR) is 75.0 cm³/mol. The molecule has 1 aromatic carbocycles. The number of sulfone groups is 1. The van der Waals surface area contributed by atoms with Crippen molar-refractivity contribution in [3.63, 3.8) is 0 Å². The number of rotatable bonds is 3. The maximum atomic E-state index is 12.3. The molecular formula is C14H15BrO2S. The molecule has 0 saturated heterocycles. The summed E-state index contributed by atoms with van der Waals surface area (Å²) in [5.74, 6) is 1.72. The van der Waals surface area contributed by atoms with E-state index in [4.69, 9.17) is 0 Å². The van der Waals surface area contributed by atoms with Crippen LogP contribution in [0.15, 0.2) is 45.8 Å². The van der Waals surface area contributed by atoms with Gasteiger partial charge >= 0.3 is 0 Å². The molecule has 3 rings (SSSR count).